The summed E-state index contributed by atoms with van der Waals surface area (Å²) in [6.07, 6.45) is 0. The second kappa shape index (κ2) is 4.37. The number of carbonyl (C=O) groups is 2. The number of benzene rings is 1. The number of carbonyl (C=O) groups excluding carboxylic acids is 2. The maximum absolute atomic E-state index is 12.1. The summed E-state index contributed by atoms with van der Waals surface area (Å²) in [5, 5.41) is 0. The average molecular weight is 256 g/mol. The normalized spacial score (nSPS) is 14.1. The topological polar surface area (TPSA) is 76.5 Å². The molecule has 3 rings (SSSR count). The van der Waals surface area contributed by atoms with E-state index in [2.05, 4.69) is 0 Å². The number of imide groups is 1. The Kier molecular flexibility index (Phi) is 2.68. The molecular formula is C14H12N2O3. The summed E-state index contributed by atoms with van der Waals surface area (Å²) in [4.78, 5) is 25.4. The van der Waals surface area contributed by atoms with Crippen molar-refractivity contribution in [2.45, 2.75) is 13.1 Å². The van der Waals surface area contributed by atoms with Gasteiger partial charge in [0.1, 0.15) is 11.5 Å². The first-order valence-electron chi connectivity index (χ1n) is 5.93. The molecule has 5 heteroatoms. The molecule has 0 radical (unpaired) electrons. The average Bonchev–Trinajstić information content (AvgIpc) is 2.99. The minimum Gasteiger partial charge on any atom is -0.463 e. The number of amides is 2. The van der Waals surface area contributed by atoms with Crippen LogP contribution >= 0.6 is 0 Å². The van der Waals surface area contributed by atoms with Gasteiger partial charge in [-0.1, -0.05) is 12.1 Å². The van der Waals surface area contributed by atoms with E-state index in [-0.39, 0.29) is 18.4 Å². The van der Waals surface area contributed by atoms with Crippen molar-refractivity contribution in [2.75, 3.05) is 0 Å². The summed E-state index contributed by atoms with van der Waals surface area (Å²) < 4.78 is 5.42. The number of nitrogens with two attached hydrogens (primary N) is 1. The van der Waals surface area contributed by atoms with Crippen molar-refractivity contribution in [1.82, 2.24) is 4.90 Å². The highest BCUT2D eigenvalue weighted by Crippen LogP contribution is 2.24. The molecular weight excluding hydrogens is 244 g/mol. The van der Waals surface area contributed by atoms with Crippen molar-refractivity contribution in [3.8, 4) is 0 Å². The highest BCUT2D eigenvalue weighted by atomic mass is 16.3. The van der Waals surface area contributed by atoms with Gasteiger partial charge in [0, 0.05) is 0 Å². The van der Waals surface area contributed by atoms with Crippen LogP contribution in [-0.2, 0) is 13.1 Å². The second-order valence-electron chi connectivity index (χ2n) is 4.31. The molecule has 0 fully saturated rings. The third-order valence-electron chi connectivity index (χ3n) is 3.11. The summed E-state index contributed by atoms with van der Waals surface area (Å²) in [5.41, 5.74) is 6.34. The lowest BCUT2D eigenvalue weighted by atomic mass is 10.1. The molecule has 2 N–H and O–H groups in total. The predicted molar refractivity (Wildman–Crippen MR) is 67.2 cm³/mol. The summed E-state index contributed by atoms with van der Waals surface area (Å²) in [6.45, 7) is 0.425. The molecule has 96 valence electrons. The molecule has 1 aromatic carbocycles. The fraction of sp³-hybridized carbons (Fsp3) is 0.143. The second-order valence-corrected chi connectivity index (χ2v) is 4.31. The third-order valence-corrected chi connectivity index (χ3v) is 3.11. The van der Waals surface area contributed by atoms with Crippen LogP contribution in [0.5, 0.6) is 0 Å². The van der Waals surface area contributed by atoms with Gasteiger partial charge < -0.3 is 10.2 Å². The van der Waals surface area contributed by atoms with E-state index in [0.29, 0.717) is 29.2 Å². The smallest absolute Gasteiger partial charge is 0.261 e. The van der Waals surface area contributed by atoms with Crippen molar-refractivity contribution in [2.24, 2.45) is 5.73 Å². The molecule has 1 aliphatic heterocycles. The van der Waals surface area contributed by atoms with Crippen LogP contribution in [0.3, 0.4) is 0 Å². The first kappa shape index (κ1) is 11.7. The van der Waals surface area contributed by atoms with Crippen molar-refractivity contribution >= 4 is 11.8 Å². The van der Waals surface area contributed by atoms with E-state index in [4.69, 9.17) is 10.2 Å². The van der Waals surface area contributed by atoms with Gasteiger partial charge in [-0.15, -0.1) is 0 Å². The maximum Gasteiger partial charge on any atom is 0.261 e. The highest BCUT2D eigenvalue weighted by molar-refractivity contribution is 6.21. The summed E-state index contributed by atoms with van der Waals surface area (Å²) >= 11 is 0. The SMILES string of the molecule is NCc1ccc(CN2C(=O)c3ccccc3C2=O)o1. The van der Waals surface area contributed by atoms with E-state index in [1.165, 1.54) is 4.90 Å². The summed E-state index contributed by atoms with van der Waals surface area (Å²) in [6, 6.07) is 10.3. The Hall–Kier alpha value is -2.40. The lowest BCUT2D eigenvalue weighted by molar-refractivity contribution is 0.0631. The molecule has 19 heavy (non-hydrogen) atoms. The minimum atomic E-state index is -0.286. The van der Waals surface area contributed by atoms with E-state index >= 15 is 0 Å². The molecule has 2 heterocycles. The van der Waals surface area contributed by atoms with E-state index in [1.54, 1.807) is 36.4 Å². The number of fused-ring (bicyclic) bond motifs is 1. The first-order valence-corrected chi connectivity index (χ1v) is 5.93. The van der Waals surface area contributed by atoms with Crippen LogP contribution in [0.15, 0.2) is 40.8 Å². The van der Waals surface area contributed by atoms with E-state index in [1.807, 2.05) is 0 Å². The monoisotopic (exact) mass is 256 g/mol. The van der Waals surface area contributed by atoms with Crippen LogP contribution in [-0.4, -0.2) is 16.7 Å². The zero-order valence-electron chi connectivity index (χ0n) is 10.1. The van der Waals surface area contributed by atoms with Gasteiger partial charge in [0.25, 0.3) is 11.8 Å². The Labute approximate surface area is 109 Å². The molecule has 1 aromatic heterocycles. The van der Waals surface area contributed by atoms with E-state index in [9.17, 15) is 9.59 Å². The standard InChI is InChI=1S/C14H12N2O3/c15-7-9-5-6-10(19-9)8-16-13(17)11-3-1-2-4-12(11)14(16)18/h1-6H,7-8,15H2. The number of furan rings is 1. The van der Waals surface area contributed by atoms with Gasteiger partial charge in [0.15, 0.2) is 0 Å². The number of hydrogen-bond donors (Lipinski definition) is 1. The number of hydrogen-bond acceptors (Lipinski definition) is 4. The Morgan fingerprint density at radius 2 is 1.53 bits per heavy atom. The van der Waals surface area contributed by atoms with Gasteiger partial charge in [0.2, 0.25) is 0 Å². The molecule has 0 spiro atoms. The zero-order valence-corrected chi connectivity index (χ0v) is 10.1. The maximum atomic E-state index is 12.1. The van der Waals surface area contributed by atoms with Crippen molar-refractivity contribution in [3.63, 3.8) is 0 Å². The predicted octanol–water partition coefficient (Wildman–Crippen LogP) is 1.53. The van der Waals surface area contributed by atoms with Crippen LogP contribution in [0.2, 0.25) is 0 Å². The molecule has 0 saturated carbocycles. The van der Waals surface area contributed by atoms with Crippen LogP contribution in [0, 0.1) is 0 Å². The Morgan fingerprint density at radius 1 is 0.947 bits per heavy atom. The van der Waals surface area contributed by atoms with Gasteiger partial charge >= 0.3 is 0 Å². The first-order chi connectivity index (χ1) is 9.20. The fourth-order valence-electron chi connectivity index (χ4n) is 2.16. The molecule has 0 bridgehead atoms. The van der Waals surface area contributed by atoms with Crippen LogP contribution < -0.4 is 5.73 Å². The summed E-state index contributed by atoms with van der Waals surface area (Å²) in [5.74, 6) is 0.610. The zero-order chi connectivity index (χ0) is 13.4. The molecule has 2 aromatic rings. The van der Waals surface area contributed by atoms with Gasteiger partial charge in [-0.2, -0.15) is 0 Å². The van der Waals surface area contributed by atoms with Crippen molar-refractivity contribution in [3.05, 3.63) is 59.0 Å². The summed E-state index contributed by atoms with van der Waals surface area (Å²) in [7, 11) is 0. The lowest BCUT2D eigenvalue weighted by Gasteiger charge is -2.11. The van der Waals surface area contributed by atoms with E-state index < -0.39 is 0 Å². The molecule has 0 saturated heterocycles. The quantitative estimate of drug-likeness (QED) is 0.845. The Balaban J connectivity index is 1.88. The largest absolute Gasteiger partial charge is 0.463 e. The van der Waals surface area contributed by atoms with Gasteiger partial charge in [-0.25, -0.2) is 0 Å². The van der Waals surface area contributed by atoms with Crippen molar-refractivity contribution < 1.29 is 14.0 Å². The molecule has 1 aliphatic rings. The Morgan fingerprint density at radius 3 is 2.05 bits per heavy atom. The van der Waals surface area contributed by atoms with Gasteiger partial charge in [-0.3, -0.25) is 14.5 Å². The third kappa shape index (κ3) is 1.84. The lowest BCUT2D eigenvalue weighted by Crippen LogP contribution is -2.28. The molecule has 0 atom stereocenters. The molecule has 0 aliphatic carbocycles. The van der Waals surface area contributed by atoms with Crippen LogP contribution in [0.1, 0.15) is 32.2 Å². The van der Waals surface area contributed by atoms with Crippen molar-refractivity contribution in [1.29, 1.82) is 0 Å². The minimum absolute atomic E-state index is 0.131. The Bertz CT molecular complexity index is 625. The fourth-order valence-corrected chi connectivity index (χ4v) is 2.16. The highest BCUT2D eigenvalue weighted by Gasteiger charge is 2.35. The number of rotatable bonds is 3. The van der Waals surface area contributed by atoms with Gasteiger partial charge in [-0.05, 0) is 24.3 Å². The molecule has 0 unspecified atom stereocenters. The number of nitrogens with zero attached hydrogens (tertiary/aromatic N) is 1. The van der Waals surface area contributed by atoms with E-state index in [0.717, 1.165) is 0 Å². The van der Waals surface area contributed by atoms with Gasteiger partial charge in [0.05, 0.1) is 24.2 Å². The van der Waals surface area contributed by atoms with Crippen LogP contribution in [0.4, 0.5) is 0 Å². The molecule has 2 amide bonds. The van der Waals surface area contributed by atoms with Crippen LogP contribution in [0.25, 0.3) is 0 Å². The molecule has 5 nitrogen and oxygen atoms in total.